The van der Waals surface area contributed by atoms with Gasteiger partial charge in [-0.1, -0.05) is 13.5 Å². The van der Waals surface area contributed by atoms with Crippen molar-refractivity contribution < 1.29 is 14.9 Å². The minimum atomic E-state index is 0. The van der Waals surface area contributed by atoms with Crippen molar-refractivity contribution in [1.29, 1.82) is 0 Å². The summed E-state index contributed by atoms with van der Waals surface area (Å²) in [6.45, 7) is 8.14. The molecule has 76 valence electrons. The lowest BCUT2D eigenvalue weighted by Crippen LogP contribution is -1.88. The summed E-state index contributed by atoms with van der Waals surface area (Å²) in [7, 11) is 0. The van der Waals surface area contributed by atoms with Crippen LogP contribution in [0, 0.1) is 0 Å². The maximum atomic E-state index is 8.08. The van der Waals surface area contributed by atoms with E-state index in [2.05, 4.69) is 11.3 Å². The van der Waals surface area contributed by atoms with Gasteiger partial charge in [0.15, 0.2) is 0 Å². The average molecular weight is 178 g/mol. The molecule has 1 heterocycles. The van der Waals surface area contributed by atoms with Gasteiger partial charge in [-0.15, -0.1) is 6.58 Å². The van der Waals surface area contributed by atoms with E-state index in [1.54, 1.807) is 13.0 Å². The highest BCUT2D eigenvalue weighted by Gasteiger charge is 2.19. The van der Waals surface area contributed by atoms with Crippen LogP contribution >= 0.6 is 0 Å². The van der Waals surface area contributed by atoms with Crippen LogP contribution in [-0.4, -0.2) is 36.1 Å². The zero-order valence-electron chi connectivity index (χ0n) is 7.29. The molecule has 1 saturated heterocycles. The van der Waals surface area contributed by atoms with Crippen molar-refractivity contribution in [3.05, 3.63) is 12.7 Å². The molecule has 0 aliphatic carbocycles. The van der Waals surface area contributed by atoms with Crippen LogP contribution in [0.4, 0.5) is 0 Å². The summed E-state index contributed by atoms with van der Waals surface area (Å²) in [6, 6.07) is 0. The SMILES string of the molecule is C.C=CC.CCO.OCC1CO1. The van der Waals surface area contributed by atoms with Crippen LogP contribution < -0.4 is 0 Å². The monoisotopic (exact) mass is 178 g/mol. The Hall–Kier alpha value is -0.380. The van der Waals surface area contributed by atoms with Gasteiger partial charge in [-0.3, -0.25) is 0 Å². The molecule has 0 amide bonds. The van der Waals surface area contributed by atoms with Crippen LogP contribution in [0.5, 0.6) is 0 Å². The summed E-state index contributed by atoms with van der Waals surface area (Å²) >= 11 is 0. The molecule has 0 radical (unpaired) electrons. The molecule has 0 aromatic heterocycles. The molecule has 3 nitrogen and oxygen atoms in total. The first-order valence-electron chi connectivity index (χ1n) is 3.67. The van der Waals surface area contributed by atoms with E-state index in [9.17, 15) is 0 Å². The Balaban J connectivity index is -0.000000104. The highest BCUT2D eigenvalue weighted by Crippen LogP contribution is 2.04. The topological polar surface area (TPSA) is 53.0 Å². The number of aliphatic hydroxyl groups is 2. The number of rotatable bonds is 1. The van der Waals surface area contributed by atoms with Gasteiger partial charge < -0.3 is 14.9 Å². The second-order valence-electron chi connectivity index (χ2n) is 1.86. The second kappa shape index (κ2) is 16.9. The summed E-state index contributed by atoms with van der Waals surface area (Å²) in [5.41, 5.74) is 0. The van der Waals surface area contributed by atoms with Gasteiger partial charge in [0.05, 0.1) is 13.2 Å². The van der Waals surface area contributed by atoms with E-state index in [-0.39, 0.29) is 26.7 Å². The molecule has 1 unspecified atom stereocenters. The van der Waals surface area contributed by atoms with Crippen LogP contribution in [0.2, 0.25) is 0 Å². The highest BCUT2D eigenvalue weighted by atomic mass is 16.6. The summed E-state index contributed by atoms with van der Waals surface area (Å²) < 4.78 is 4.61. The van der Waals surface area contributed by atoms with E-state index in [0.717, 1.165) is 6.61 Å². The maximum Gasteiger partial charge on any atom is 0.104 e. The standard InChI is InChI=1S/C3H6O2.C3H6.C2H6O.CH4/c4-1-3-2-5-3;1-3-2;1-2-3;/h3-4H,1-2H2;3H,1H2,2H3;3H,2H2,1H3;1H4. The van der Waals surface area contributed by atoms with Crippen LogP contribution in [0.3, 0.4) is 0 Å². The summed E-state index contributed by atoms with van der Waals surface area (Å²) in [4.78, 5) is 0. The predicted molar refractivity (Wildman–Crippen MR) is 52.2 cm³/mol. The van der Waals surface area contributed by atoms with Gasteiger partial charge in [0.25, 0.3) is 0 Å². The molecule has 3 heteroatoms. The van der Waals surface area contributed by atoms with E-state index in [1.807, 2.05) is 6.92 Å². The van der Waals surface area contributed by atoms with Gasteiger partial charge in [0.1, 0.15) is 6.10 Å². The molecule has 1 atom stereocenters. The third-order valence-corrected chi connectivity index (χ3v) is 0.606. The number of aliphatic hydroxyl groups excluding tert-OH is 2. The molecule has 0 bridgehead atoms. The van der Waals surface area contributed by atoms with Crippen LogP contribution in [0.1, 0.15) is 21.3 Å². The third kappa shape index (κ3) is 33.5. The van der Waals surface area contributed by atoms with Gasteiger partial charge in [-0.2, -0.15) is 0 Å². The van der Waals surface area contributed by atoms with E-state index in [4.69, 9.17) is 10.2 Å². The van der Waals surface area contributed by atoms with Crippen molar-refractivity contribution in [2.45, 2.75) is 27.4 Å². The third-order valence-electron chi connectivity index (χ3n) is 0.606. The number of ether oxygens (including phenoxy) is 1. The number of epoxide rings is 1. The molecule has 1 fully saturated rings. The lowest BCUT2D eigenvalue weighted by molar-refractivity contribution is 0.244. The first-order chi connectivity index (χ1) is 5.26. The smallest absolute Gasteiger partial charge is 0.104 e. The van der Waals surface area contributed by atoms with Crippen molar-refractivity contribution in [3.63, 3.8) is 0 Å². The molecule has 2 N–H and O–H groups in total. The Kier molecular flexibility index (Phi) is 24.9. The number of hydrogen-bond acceptors (Lipinski definition) is 3. The fourth-order valence-corrected chi connectivity index (χ4v) is 0.173. The van der Waals surface area contributed by atoms with Crippen molar-refractivity contribution in [1.82, 2.24) is 0 Å². The fraction of sp³-hybridized carbons (Fsp3) is 0.778. The Bertz CT molecular complexity index is 70.2. The van der Waals surface area contributed by atoms with Crippen molar-refractivity contribution in [2.24, 2.45) is 0 Å². The largest absolute Gasteiger partial charge is 0.397 e. The minimum absolute atomic E-state index is 0. The molecule has 1 aliphatic heterocycles. The van der Waals surface area contributed by atoms with Gasteiger partial charge in [0.2, 0.25) is 0 Å². The fourth-order valence-electron chi connectivity index (χ4n) is 0.173. The molecular formula is C9H22O3. The van der Waals surface area contributed by atoms with E-state index < -0.39 is 0 Å². The second-order valence-corrected chi connectivity index (χ2v) is 1.86. The first-order valence-corrected chi connectivity index (χ1v) is 3.67. The zero-order valence-corrected chi connectivity index (χ0v) is 7.29. The molecule has 12 heavy (non-hydrogen) atoms. The Labute approximate surface area is 75.7 Å². The molecule has 0 spiro atoms. The zero-order chi connectivity index (χ0) is 9.11. The van der Waals surface area contributed by atoms with Gasteiger partial charge in [-0.05, 0) is 13.8 Å². The number of allylic oxidation sites excluding steroid dienone is 1. The van der Waals surface area contributed by atoms with Gasteiger partial charge in [-0.25, -0.2) is 0 Å². The summed E-state index contributed by atoms with van der Waals surface area (Å²) in [5.74, 6) is 0. The minimum Gasteiger partial charge on any atom is -0.397 e. The van der Waals surface area contributed by atoms with Crippen LogP contribution in [0.25, 0.3) is 0 Å². The normalized spacial score (nSPS) is 16.8. The van der Waals surface area contributed by atoms with Crippen molar-refractivity contribution >= 4 is 0 Å². The molecule has 1 rings (SSSR count). The van der Waals surface area contributed by atoms with E-state index in [1.165, 1.54) is 0 Å². The van der Waals surface area contributed by atoms with E-state index >= 15 is 0 Å². The van der Waals surface area contributed by atoms with Crippen LogP contribution in [0.15, 0.2) is 12.7 Å². The molecule has 0 aromatic carbocycles. The van der Waals surface area contributed by atoms with Crippen LogP contribution in [-0.2, 0) is 4.74 Å². The van der Waals surface area contributed by atoms with Gasteiger partial charge in [0, 0.05) is 6.61 Å². The highest BCUT2D eigenvalue weighted by molar-refractivity contribution is 4.65. The predicted octanol–water partition coefficient (Wildman–Crippen LogP) is 1.20. The molecule has 0 aromatic rings. The first kappa shape index (κ1) is 17.6. The summed E-state index contributed by atoms with van der Waals surface area (Å²) in [5, 5.41) is 15.7. The maximum absolute atomic E-state index is 8.08. The quantitative estimate of drug-likeness (QED) is 0.468. The van der Waals surface area contributed by atoms with E-state index in [0.29, 0.717) is 0 Å². The number of hydrogen-bond donors (Lipinski definition) is 2. The average Bonchev–Trinajstić information content (AvgIpc) is 2.72. The molecule has 0 saturated carbocycles. The van der Waals surface area contributed by atoms with Crippen molar-refractivity contribution in [2.75, 3.05) is 19.8 Å². The summed E-state index contributed by atoms with van der Waals surface area (Å²) in [6.07, 6.45) is 1.94. The lowest BCUT2D eigenvalue weighted by atomic mass is 10.5. The van der Waals surface area contributed by atoms with Crippen molar-refractivity contribution in [3.8, 4) is 0 Å². The Morgan fingerprint density at radius 1 is 1.58 bits per heavy atom. The van der Waals surface area contributed by atoms with Gasteiger partial charge >= 0.3 is 0 Å². The lowest BCUT2D eigenvalue weighted by Gasteiger charge is -1.70. The Morgan fingerprint density at radius 2 is 1.83 bits per heavy atom. The molecule has 1 aliphatic rings. The molecular weight excluding hydrogens is 156 g/mol. The Morgan fingerprint density at radius 3 is 1.83 bits per heavy atom.